The molecule has 1 unspecified atom stereocenters. The molecule has 15 heavy (non-hydrogen) atoms. The quantitative estimate of drug-likeness (QED) is 0.732. The molecule has 2 amide bonds. The molecule has 0 aliphatic carbocycles. The third kappa shape index (κ3) is 2.40. The highest BCUT2D eigenvalue weighted by molar-refractivity contribution is 5.83. The van der Waals surface area contributed by atoms with Gasteiger partial charge in [-0.15, -0.1) is 0 Å². The fourth-order valence-electron chi connectivity index (χ4n) is 1.82. The maximum absolute atomic E-state index is 11.6. The van der Waals surface area contributed by atoms with Crippen LogP contribution in [0.5, 0.6) is 0 Å². The number of nitrogens with zero attached hydrogens (tertiary/aromatic N) is 1. The van der Waals surface area contributed by atoms with E-state index >= 15 is 0 Å². The van der Waals surface area contributed by atoms with Gasteiger partial charge in [0.25, 0.3) is 0 Å². The van der Waals surface area contributed by atoms with E-state index < -0.39 is 5.41 Å². The van der Waals surface area contributed by atoms with Crippen molar-refractivity contribution in [3.8, 4) is 0 Å². The molecule has 0 aromatic rings. The molecule has 1 atom stereocenters. The molecule has 1 heterocycles. The summed E-state index contributed by atoms with van der Waals surface area (Å²) in [5, 5.41) is 2.62. The minimum Gasteiger partial charge on any atom is -0.450 e. The minimum atomic E-state index is -0.471. The van der Waals surface area contributed by atoms with Gasteiger partial charge in [0.1, 0.15) is 0 Å². The summed E-state index contributed by atoms with van der Waals surface area (Å²) in [6.45, 7) is 5.03. The van der Waals surface area contributed by atoms with Crippen molar-refractivity contribution < 1.29 is 14.3 Å². The molecule has 0 radical (unpaired) electrons. The van der Waals surface area contributed by atoms with Crippen molar-refractivity contribution in [2.75, 3.05) is 26.7 Å². The van der Waals surface area contributed by atoms with Gasteiger partial charge >= 0.3 is 6.09 Å². The molecular formula is C10H18N2O3. The summed E-state index contributed by atoms with van der Waals surface area (Å²) in [4.78, 5) is 24.6. The predicted octanol–water partition coefficient (Wildman–Crippen LogP) is 0.601. The Bertz CT molecular complexity index is 267. The normalized spacial score (nSPS) is 25.1. The zero-order valence-electron chi connectivity index (χ0n) is 9.50. The van der Waals surface area contributed by atoms with Crippen LogP contribution in [-0.2, 0) is 9.53 Å². The van der Waals surface area contributed by atoms with Gasteiger partial charge < -0.3 is 15.0 Å². The lowest BCUT2D eigenvalue weighted by Crippen LogP contribution is -2.40. The Balaban J connectivity index is 2.58. The number of hydrogen-bond donors (Lipinski definition) is 1. The summed E-state index contributed by atoms with van der Waals surface area (Å²) in [6, 6.07) is 0. The number of carbonyl (C=O) groups is 2. The Morgan fingerprint density at radius 3 is 2.73 bits per heavy atom. The Kier molecular flexibility index (Phi) is 3.55. The standard InChI is InChI=1S/C10H18N2O3/c1-4-15-9(14)12-6-5-10(2,7-12)8(13)11-3/h4-7H2,1-3H3,(H,11,13). The van der Waals surface area contributed by atoms with Crippen molar-refractivity contribution in [3.63, 3.8) is 0 Å². The van der Waals surface area contributed by atoms with Crippen LogP contribution < -0.4 is 5.32 Å². The molecular weight excluding hydrogens is 196 g/mol. The van der Waals surface area contributed by atoms with E-state index in [1.54, 1.807) is 18.9 Å². The summed E-state index contributed by atoms with van der Waals surface area (Å²) >= 11 is 0. The number of carbonyl (C=O) groups excluding carboxylic acids is 2. The third-order valence-electron chi connectivity index (χ3n) is 2.77. The Morgan fingerprint density at radius 1 is 1.53 bits per heavy atom. The van der Waals surface area contributed by atoms with Gasteiger partial charge in [0.05, 0.1) is 12.0 Å². The lowest BCUT2D eigenvalue weighted by Gasteiger charge is -2.22. The molecule has 1 aliphatic rings. The van der Waals surface area contributed by atoms with E-state index in [0.717, 1.165) is 0 Å². The lowest BCUT2D eigenvalue weighted by molar-refractivity contribution is -0.128. The molecule has 0 aromatic carbocycles. The Labute approximate surface area is 89.8 Å². The molecule has 5 heteroatoms. The predicted molar refractivity (Wildman–Crippen MR) is 55.4 cm³/mol. The molecule has 0 spiro atoms. The van der Waals surface area contributed by atoms with Gasteiger partial charge in [-0.2, -0.15) is 0 Å². The average Bonchev–Trinajstić information content (AvgIpc) is 2.61. The fraction of sp³-hybridized carbons (Fsp3) is 0.800. The summed E-state index contributed by atoms with van der Waals surface area (Å²) < 4.78 is 4.89. The van der Waals surface area contributed by atoms with E-state index in [9.17, 15) is 9.59 Å². The first-order chi connectivity index (χ1) is 7.03. The summed E-state index contributed by atoms with van der Waals surface area (Å²) in [5.74, 6) is -0.0192. The third-order valence-corrected chi connectivity index (χ3v) is 2.77. The largest absolute Gasteiger partial charge is 0.450 e. The van der Waals surface area contributed by atoms with Crippen LogP contribution in [0, 0.1) is 5.41 Å². The monoisotopic (exact) mass is 214 g/mol. The van der Waals surface area contributed by atoms with E-state index in [1.165, 1.54) is 0 Å². The Hall–Kier alpha value is -1.26. The SMILES string of the molecule is CCOC(=O)N1CCC(C)(C(=O)NC)C1. The van der Waals surface area contributed by atoms with Gasteiger partial charge in [-0.25, -0.2) is 4.79 Å². The van der Waals surface area contributed by atoms with Gasteiger partial charge in [0, 0.05) is 20.1 Å². The van der Waals surface area contributed by atoms with Crippen LogP contribution in [0.4, 0.5) is 4.79 Å². The topological polar surface area (TPSA) is 58.6 Å². The van der Waals surface area contributed by atoms with Crippen LogP contribution in [0.3, 0.4) is 0 Å². The summed E-state index contributed by atoms with van der Waals surface area (Å²) in [7, 11) is 1.61. The van der Waals surface area contributed by atoms with Crippen molar-refractivity contribution in [3.05, 3.63) is 0 Å². The maximum Gasteiger partial charge on any atom is 0.409 e. The van der Waals surface area contributed by atoms with E-state index in [-0.39, 0.29) is 12.0 Å². The second-order valence-corrected chi connectivity index (χ2v) is 4.01. The maximum atomic E-state index is 11.6. The molecule has 0 bridgehead atoms. The number of hydrogen-bond acceptors (Lipinski definition) is 3. The molecule has 1 N–H and O–H groups in total. The highest BCUT2D eigenvalue weighted by atomic mass is 16.6. The number of rotatable bonds is 2. The summed E-state index contributed by atoms with van der Waals surface area (Å²) in [6.07, 6.45) is 0.357. The number of nitrogens with one attached hydrogen (secondary N) is 1. The first-order valence-electron chi connectivity index (χ1n) is 5.17. The zero-order chi connectivity index (χ0) is 11.5. The van der Waals surface area contributed by atoms with Crippen LogP contribution in [0.1, 0.15) is 20.3 Å². The molecule has 1 saturated heterocycles. The Morgan fingerprint density at radius 2 is 2.20 bits per heavy atom. The second kappa shape index (κ2) is 4.51. The molecule has 1 rings (SSSR count). The molecule has 5 nitrogen and oxygen atoms in total. The summed E-state index contributed by atoms with van der Waals surface area (Å²) in [5.41, 5.74) is -0.471. The molecule has 0 aromatic heterocycles. The van der Waals surface area contributed by atoms with Crippen molar-refractivity contribution in [2.24, 2.45) is 5.41 Å². The van der Waals surface area contributed by atoms with Crippen molar-refractivity contribution in [1.82, 2.24) is 10.2 Å². The van der Waals surface area contributed by atoms with E-state index in [4.69, 9.17) is 4.74 Å². The molecule has 1 fully saturated rings. The number of ether oxygens (including phenoxy) is 1. The highest BCUT2D eigenvalue weighted by Crippen LogP contribution is 2.30. The lowest BCUT2D eigenvalue weighted by atomic mass is 9.89. The van der Waals surface area contributed by atoms with Gasteiger partial charge in [0.15, 0.2) is 0 Å². The average molecular weight is 214 g/mol. The van der Waals surface area contributed by atoms with E-state index in [0.29, 0.717) is 26.1 Å². The van der Waals surface area contributed by atoms with Crippen molar-refractivity contribution >= 4 is 12.0 Å². The van der Waals surface area contributed by atoms with Crippen molar-refractivity contribution in [1.29, 1.82) is 0 Å². The first kappa shape index (κ1) is 11.8. The van der Waals surface area contributed by atoms with Crippen molar-refractivity contribution in [2.45, 2.75) is 20.3 Å². The number of amides is 2. The zero-order valence-corrected chi connectivity index (χ0v) is 9.50. The fourth-order valence-corrected chi connectivity index (χ4v) is 1.82. The van der Waals surface area contributed by atoms with E-state index in [2.05, 4.69) is 5.32 Å². The minimum absolute atomic E-state index is 0.0192. The molecule has 86 valence electrons. The number of likely N-dealkylation sites (tertiary alicyclic amines) is 1. The highest BCUT2D eigenvalue weighted by Gasteiger charge is 2.41. The second-order valence-electron chi connectivity index (χ2n) is 4.01. The van der Waals surface area contributed by atoms with Gasteiger partial charge in [-0.3, -0.25) is 4.79 Å². The van der Waals surface area contributed by atoms with Crippen LogP contribution in [-0.4, -0.2) is 43.6 Å². The molecule has 0 saturated carbocycles. The molecule has 1 aliphatic heterocycles. The first-order valence-corrected chi connectivity index (χ1v) is 5.17. The van der Waals surface area contributed by atoms with Crippen LogP contribution >= 0.6 is 0 Å². The smallest absolute Gasteiger partial charge is 0.409 e. The van der Waals surface area contributed by atoms with Crippen LogP contribution in [0.2, 0.25) is 0 Å². The van der Waals surface area contributed by atoms with E-state index in [1.807, 2.05) is 6.92 Å². The van der Waals surface area contributed by atoms with Crippen LogP contribution in [0.25, 0.3) is 0 Å². The van der Waals surface area contributed by atoms with Gasteiger partial charge in [-0.05, 0) is 20.3 Å². The van der Waals surface area contributed by atoms with Gasteiger partial charge in [-0.1, -0.05) is 0 Å². The van der Waals surface area contributed by atoms with Crippen LogP contribution in [0.15, 0.2) is 0 Å². The van der Waals surface area contributed by atoms with Gasteiger partial charge in [0.2, 0.25) is 5.91 Å².